The number of rotatable bonds is 4. The van der Waals surface area contributed by atoms with Crippen LogP contribution in [0.25, 0.3) is 0 Å². The van der Waals surface area contributed by atoms with Gasteiger partial charge in [-0.05, 0) is 12.1 Å². The molecule has 0 unspecified atom stereocenters. The van der Waals surface area contributed by atoms with E-state index in [1.807, 2.05) is 0 Å². The van der Waals surface area contributed by atoms with E-state index in [-0.39, 0.29) is 17.8 Å². The Hall–Kier alpha value is -2.64. The Morgan fingerprint density at radius 2 is 1.76 bits per heavy atom. The second-order valence-corrected chi connectivity index (χ2v) is 4.13. The number of nitrogens with zero attached hydrogens (tertiary/aromatic N) is 1. The summed E-state index contributed by atoms with van der Waals surface area (Å²) in [4.78, 5) is 10.0. The maximum atomic E-state index is 13.4. The summed E-state index contributed by atoms with van der Waals surface area (Å²) in [7, 11) is 0. The molecule has 0 amide bonds. The Morgan fingerprint density at radius 3 is 2.43 bits per heavy atom. The van der Waals surface area contributed by atoms with Crippen molar-refractivity contribution in [1.29, 1.82) is 0 Å². The third-order valence-corrected chi connectivity index (χ3v) is 2.70. The Morgan fingerprint density at radius 1 is 1.05 bits per heavy atom. The van der Waals surface area contributed by atoms with Gasteiger partial charge in [-0.15, -0.1) is 0 Å². The molecular weight excluding hydrogens is 292 g/mol. The van der Waals surface area contributed by atoms with E-state index in [0.29, 0.717) is 12.1 Å². The lowest BCUT2D eigenvalue weighted by Gasteiger charge is -2.09. The molecule has 0 aliphatic heterocycles. The molecule has 1 N–H and O–H groups in total. The van der Waals surface area contributed by atoms with E-state index in [1.165, 1.54) is 0 Å². The molecule has 0 aromatic heterocycles. The van der Waals surface area contributed by atoms with Crippen molar-refractivity contribution < 1.29 is 22.5 Å². The molecule has 0 radical (unpaired) electrons. The van der Waals surface area contributed by atoms with Crippen molar-refractivity contribution in [2.24, 2.45) is 0 Å². The van der Waals surface area contributed by atoms with Crippen molar-refractivity contribution in [3.63, 3.8) is 0 Å². The lowest BCUT2D eigenvalue weighted by atomic mass is 10.1. The molecule has 0 aliphatic rings. The van der Waals surface area contributed by atoms with E-state index in [9.17, 15) is 27.7 Å². The first kappa shape index (κ1) is 14.8. The molecule has 0 heterocycles. The van der Waals surface area contributed by atoms with Crippen LogP contribution in [0.1, 0.15) is 5.56 Å². The highest BCUT2D eigenvalue weighted by molar-refractivity contribution is 5.48. The first-order valence-corrected chi connectivity index (χ1v) is 5.69. The number of nitro benzene ring substituents is 1. The molecule has 2 aromatic carbocycles. The number of hydrogen-bond acceptors (Lipinski definition) is 3. The van der Waals surface area contributed by atoms with Gasteiger partial charge < -0.3 is 5.32 Å². The van der Waals surface area contributed by atoms with E-state index >= 15 is 0 Å². The van der Waals surface area contributed by atoms with Crippen LogP contribution in [0.4, 0.5) is 28.9 Å². The smallest absolute Gasteiger partial charge is 0.274 e. The molecule has 2 aromatic rings. The molecule has 0 saturated heterocycles. The zero-order valence-electron chi connectivity index (χ0n) is 10.4. The summed E-state index contributed by atoms with van der Waals surface area (Å²) >= 11 is 0. The molecule has 0 atom stereocenters. The summed E-state index contributed by atoms with van der Waals surface area (Å²) < 4.78 is 52.5. The number of anilines is 1. The predicted octanol–water partition coefficient (Wildman–Crippen LogP) is 3.76. The number of nitrogens with one attached hydrogen (secondary N) is 1. The van der Waals surface area contributed by atoms with Crippen molar-refractivity contribution in [3.8, 4) is 0 Å². The van der Waals surface area contributed by atoms with Crippen molar-refractivity contribution in [1.82, 2.24) is 0 Å². The van der Waals surface area contributed by atoms with Gasteiger partial charge >= 0.3 is 0 Å². The number of benzene rings is 2. The third kappa shape index (κ3) is 3.28. The maximum absolute atomic E-state index is 13.4. The normalized spacial score (nSPS) is 10.5. The summed E-state index contributed by atoms with van der Waals surface area (Å²) in [5.74, 6) is -4.45. The highest BCUT2D eigenvalue weighted by atomic mass is 19.2. The average molecular weight is 300 g/mol. The fourth-order valence-electron chi connectivity index (χ4n) is 1.75. The topological polar surface area (TPSA) is 55.2 Å². The van der Waals surface area contributed by atoms with Crippen LogP contribution < -0.4 is 5.32 Å². The summed E-state index contributed by atoms with van der Waals surface area (Å²) in [6, 6.07) is 3.81. The van der Waals surface area contributed by atoms with Gasteiger partial charge in [0, 0.05) is 24.7 Å². The molecule has 21 heavy (non-hydrogen) atoms. The molecule has 0 fully saturated rings. The second kappa shape index (κ2) is 5.78. The highest BCUT2D eigenvalue weighted by Crippen LogP contribution is 2.23. The van der Waals surface area contributed by atoms with E-state index < -0.39 is 33.9 Å². The predicted molar refractivity (Wildman–Crippen MR) is 66.7 cm³/mol. The Balaban J connectivity index is 2.28. The Kier molecular flexibility index (Phi) is 4.06. The van der Waals surface area contributed by atoms with E-state index in [0.717, 1.165) is 18.2 Å². The zero-order valence-corrected chi connectivity index (χ0v) is 10.4. The molecular formula is C13H8F4N2O2. The van der Waals surface area contributed by atoms with Crippen LogP contribution in [0.15, 0.2) is 30.3 Å². The average Bonchev–Trinajstić information content (AvgIpc) is 2.40. The molecule has 0 saturated carbocycles. The third-order valence-electron chi connectivity index (χ3n) is 2.70. The largest absolute Gasteiger partial charge is 0.378 e. The number of halogens is 4. The van der Waals surface area contributed by atoms with Gasteiger partial charge in [-0.25, -0.2) is 17.6 Å². The standard InChI is InChI=1S/C13H8F4N2O2/c14-8-1-2-12(19(20)21)7(3-8)6-18-11-5-9(15)4-10(16)13(11)17/h1-5,18H,6H2. The number of hydrogen-bond donors (Lipinski definition) is 1. The minimum Gasteiger partial charge on any atom is -0.378 e. The van der Waals surface area contributed by atoms with E-state index in [1.54, 1.807) is 0 Å². The monoisotopic (exact) mass is 300 g/mol. The second-order valence-electron chi connectivity index (χ2n) is 4.13. The van der Waals surface area contributed by atoms with Crippen LogP contribution in [-0.2, 0) is 6.54 Å². The van der Waals surface area contributed by atoms with Gasteiger partial charge in [0.1, 0.15) is 11.6 Å². The maximum Gasteiger partial charge on any atom is 0.274 e. The summed E-state index contributed by atoms with van der Waals surface area (Å²) in [5.41, 5.74) is -0.976. The molecule has 0 spiro atoms. The minimum absolute atomic E-state index is 0.0796. The fraction of sp³-hybridized carbons (Fsp3) is 0.0769. The fourth-order valence-corrected chi connectivity index (χ4v) is 1.75. The van der Waals surface area contributed by atoms with Gasteiger partial charge in [0.05, 0.1) is 16.2 Å². The van der Waals surface area contributed by atoms with Gasteiger partial charge in [0.15, 0.2) is 11.6 Å². The van der Waals surface area contributed by atoms with Gasteiger partial charge in [-0.1, -0.05) is 0 Å². The van der Waals surface area contributed by atoms with Gasteiger partial charge in [0.25, 0.3) is 5.69 Å². The first-order valence-electron chi connectivity index (χ1n) is 5.69. The Labute approximate surface area is 116 Å². The molecule has 2 rings (SSSR count). The van der Waals surface area contributed by atoms with Crippen molar-refractivity contribution >= 4 is 11.4 Å². The molecule has 8 heteroatoms. The lowest BCUT2D eigenvalue weighted by Crippen LogP contribution is -2.06. The van der Waals surface area contributed by atoms with Crippen LogP contribution >= 0.6 is 0 Å². The first-order chi connectivity index (χ1) is 9.88. The molecule has 110 valence electrons. The molecule has 0 bridgehead atoms. The van der Waals surface area contributed by atoms with Gasteiger partial charge in [-0.2, -0.15) is 0 Å². The van der Waals surface area contributed by atoms with Gasteiger partial charge in [0.2, 0.25) is 0 Å². The zero-order chi connectivity index (χ0) is 15.6. The summed E-state index contributed by atoms with van der Waals surface area (Å²) in [5, 5.41) is 13.1. The lowest BCUT2D eigenvalue weighted by molar-refractivity contribution is -0.385. The quantitative estimate of drug-likeness (QED) is 0.405. The van der Waals surface area contributed by atoms with Crippen LogP contribution in [-0.4, -0.2) is 4.92 Å². The van der Waals surface area contributed by atoms with Crippen molar-refractivity contribution in [2.45, 2.75) is 6.54 Å². The van der Waals surface area contributed by atoms with Crippen LogP contribution in [0.5, 0.6) is 0 Å². The van der Waals surface area contributed by atoms with Crippen LogP contribution in [0.2, 0.25) is 0 Å². The van der Waals surface area contributed by atoms with Crippen LogP contribution in [0.3, 0.4) is 0 Å². The van der Waals surface area contributed by atoms with E-state index in [2.05, 4.69) is 5.32 Å². The van der Waals surface area contributed by atoms with Crippen molar-refractivity contribution in [3.05, 3.63) is 69.3 Å². The van der Waals surface area contributed by atoms with E-state index in [4.69, 9.17) is 0 Å². The molecule has 0 aliphatic carbocycles. The Bertz CT molecular complexity index is 707. The highest BCUT2D eigenvalue weighted by Gasteiger charge is 2.16. The summed E-state index contributed by atoms with van der Waals surface area (Å²) in [6.45, 7) is -0.367. The summed E-state index contributed by atoms with van der Waals surface area (Å²) in [6.07, 6.45) is 0. The van der Waals surface area contributed by atoms with Crippen LogP contribution in [0, 0.1) is 33.4 Å². The minimum atomic E-state index is -1.40. The SMILES string of the molecule is O=[N+]([O-])c1ccc(F)cc1CNc1cc(F)cc(F)c1F. The van der Waals surface area contributed by atoms with Gasteiger partial charge in [-0.3, -0.25) is 10.1 Å². The van der Waals surface area contributed by atoms with Crippen molar-refractivity contribution in [2.75, 3.05) is 5.32 Å². The number of nitro groups is 1. The molecule has 4 nitrogen and oxygen atoms in total.